The van der Waals surface area contributed by atoms with Crippen LogP contribution in [-0.4, -0.2) is 35.5 Å². The number of hydrogen-bond acceptors (Lipinski definition) is 4. The van der Waals surface area contributed by atoms with Gasteiger partial charge in [0.05, 0.1) is 18.8 Å². The van der Waals surface area contributed by atoms with Crippen molar-refractivity contribution in [2.45, 2.75) is 70.2 Å². The van der Waals surface area contributed by atoms with Crippen LogP contribution in [0.4, 0.5) is 0 Å². The fourth-order valence-corrected chi connectivity index (χ4v) is 6.40. The lowest BCUT2D eigenvalue weighted by Crippen LogP contribution is -2.69. The highest BCUT2D eigenvalue weighted by molar-refractivity contribution is 5.49. The maximum Gasteiger partial charge on any atom is 0.305 e. The summed E-state index contributed by atoms with van der Waals surface area (Å²) in [6.07, 6.45) is 7.45. The fourth-order valence-electron chi connectivity index (χ4n) is 6.40. The summed E-state index contributed by atoms with van der Waals surface area (Å²) in [6.45, 7) is 7.35. The van der Waals surface area contributed by atoms with Crippen molar-refractivity contribution in [2.24, 2.45) is 23.2 Å². The van der Waals surface area contributed by atoms with Crippen LogP contribution in [0, 0.1) is 23.2 Å². The molecule has 152 valence electrons. The van der Waals surface area contributed by atoms with Gasteiger partial charge < -0.3 is 19.3 Å². The first-order valence-corrected chi connectivity index (χ1v) is 10.8. The third-order valence-electron chi connectivity index (χ3n) is 7.95. The summed E-state index contributed by atoms with van der Waals surface area (Å²) in [5.74, 6) is 0.0480. The van der Waals surface area contributed by atoms with Gasteiger partial charge in [-0.1, -0.05) is 57.2 Å². The van der Waals surface area contributed by atoms with Crippen LogP contribution in [0.15, 0.2) is 36.4 Å². The fraction of sp³-hybridized carbons (Fsp3) is 0.667. The van der Waals surface area contributed by atoms with E-state index >= 15 is 0 Å². The molecule has 2 bridgehead atoms. The maximum atomic E-state index is 10.9. The molecule has 1 aromatic rings. The molecule has 2 aliphatic carbocycles. The van der Waals surface area contributed by atoms with Gasteiger partial charge in [-0.3, -0.25) is 0 Å². The highest BCUT2D eigenvalue weighted by Crippen LogP contribution is 2.64. The largest absolute Gasteiger partial charge is 0.393 e. The number of aliphatic hydroxyl groups excluding tert-OH is 1. The Balaban J connectivity index is 1.53. The first-order valence-electron chi connectivity index (χ1n) is 10.8. The van der Waals surface area contributed by atoms with Crippen molar-refractivity contribution in [2.75, 3.05) is 6.61 Å². The topological polar surface area (TPSA) is 47.9 Å². The number of aliphatic hydroxyl groups is 1. The zero-order chi connectivity index (χ0) is 19.6. The Labute approximate surface area is 167 Å². The minimum Gasteiger partial charge on any atom is -0.393 e. The molecular formula is C24H32O4. The van der Waals surface area contributed by atoms with Gasteiger partial charge in [-0.15, -0.1) is 0 Å². The van der Waals surface area contributed by atoms with Gasteiger partial charge in [0.2, 0.25) is 0 Å². The second-order valence-electron chi connectivity index (χ2n) is 9.87. The van der Waals surface area contributed by atoms with E-state index in [9.17, 15) is 5.11 Å². The van der Waals surface area contributed by atoms with E-state index in [2.05, 4.69) is 32.9 Å². The molecule has 1 N–H and O–H groups in total. The number of hydrogen-bond donors (Lipinski definition) is 1. The second-order valence-corrected chi connectivity index (χ2v) is 9.87. The van der Waals surface area contributed by atoms with Crippen LogP contribution in [-0.2, 0) is 14.2 Å². The van der Waals surface area contributed by atoms with Gasteiger partial charge in [0, 0.05) is 17.4 Å². The van der Waals surface area contributed by atoms with Gasteiger partial charge >= 0.3 is 5.97 Å². The molecule has 4 fully saturated rings. The summed E-state index contributed by atoms with van der Waals surface area (Å²) in [6, 6.07) is 10.2. The number of rotatable bonds is 3. The summed E-state index contributed by atoms with van der Waals surface area (Å²) in [5.41, 5.74) is 0.576. The average Bonchev–Trinajstić information content (AvgIpc) is 2.97. The van der Waals surface area contributed by atoms with Gasteiger partial charge in [-0.2, -0.15) is 0 Å². The molecule has 0 amide bonds. The second kappa shape index (κ2) is 6.40. The van der Waals surface area contributed by atoms with E-state index in [-0.39, 0.29) is 29.1 Å². The SMILES string of the molecule is CC(C)C1CCC2(C)C(O)CCC34COC(C=Cc5ccccc5)(OC1C32)O4. The van der Waals surface area contributed by atoms with E-state index in [1.165, 1.54) is 0 Å². The normalized spacial score (nSPS) is 47.5. The molecule has 2 heterocycles. The third-order valence-corrected chi connectivity index (χ3v) is 7.95. The van der Waals surface area contributed by atoms with Crippen LogP contribution < -0.4 is 0 Å². The summed E-state index contributed by atoms with van der Waals surface area (Å²) in [5, 5.41) is 10.9. The van der Waals surface area contributed by atoms with Crippen LogP contribution in [0.25, 0.3) is 6.08 Å². The molecule has 1 spiro atoms. The smallest absolute Gasteiger partial charge is 0.305 e. The van der Waals surface area contributed by atoms with E-state index in [0.29, 0.717) is 18.4 Å². The number of fused-ring (bicyclic) bond motifs is 1. The van der Waals surface area contributed by atoms with E-state index in [0.717, 1.165) is 31.2 Å². The summed E-state index contributed by atoms with van der Waals surface area (Å²) >= 11 is 0. The third kappa shape index (κ3) is 2.65. The molecule has 7 unspecified atom stereocenters. The van der Waals surface area contributed by atoms with Crippen LogP contribution in [0.5, 0.6) is 0 Å². The van der Waals surface area contributed by atoms with Crippen molar-refractivity contribution in [3.63, 3.8) is 0 Å². The highest BCUT2D eigenvalue weighted by atomic mass is 16.9. The summed E-state index contributed by atoms with van der Waals surface area (Å²) < 4.78 is 19.6. The molecule has 4 heteroatoms. The van der Waals surface area contributed by atoms with Gasteiger partial charge in [-0.05, 0) is 43.1 Å². The Morgan fingerprint density at radius 2 is 1.93 bits per heavy atom. The Morgan fingerprint density at radius 1 is 1.14 bits per heavy atom. The monoisotopic (exact) mass is 384 g/mol. The molecule has 1 aromatic carbocycles. The van der Waals surface area contributed by atoms with Crippen molar-refractivity contribution in [1.29, 1.82) is 0 Å². The van der Waals surface area contributed by atoms with Crippen LogP contribution in [0.2, 0.25) is 0 Å². The van der Waals surface area contributed by atoms with Gasteiger partial charge in [-0.25, -0.2) is 0 Å². The zero-order valence-electron chi connectivity index (χ0n) is 17.1. The molecule has 5 rings (SSSR count). The molecule has 2 saturated heterocycles. The van der Waals surface area contributed by atoms with E-state index in [1.54, 1.807) is 0 Å². The Bertz CT molecular complexity index is 761. The van der Waals surface area contributed by atoms with E-state index < -0.39 is 5.97 Å². The molecule has 28 heavy (non-hydrogen) atoms. The van der Waals surface area contributed by atoms with Crippen LogP contribution in [0.1, 0.15) is 52.0 Å². The minimum absolute atomic E-state index is 0.0466. The predicted molar refractivity (Wildman–Crippen MR) is 107 cm³/mol. The molecular weight excluding hydrogens is 352 g/mol. The lowest BCUT2D eigenvalue weighted by atomic mass is 9.50. The molecule has 4 aliphatic rings. The lowest BCUT2D eigenvalue weighted by Gasteiger charge is -2.62. The standard InChI is InChI=1S/C24H32O4/c1-16(2)18-10-12-22(3)19(25)11-13-23-15-26-24(28-23,27-20(18)21(22)23)14-9-17-7-5-4-6-8-17/h4-9,14,16,18-21,25H,10-13,15H2,1-3H3. The zero-order valence-corrected chi connectivity index (χ0v) is 17.1. The Morgan fingerprint density at radius 3 is 2.68 bits per heavy atom. The van der Waals surface area contributed by atoms with Crippen LogP contribution >= 0.6 is 0 Å². The van der Waals surface area contributed by atoms with E-state index in [4.69, 9.17) is 14.2 Å². The van der Waals surface area contributed by atoms with Crippen molar-refractivity contribution < 1.29 is 19.3 Å². The van der Waals surface area contributed by atoms with E-state index in [1.807, 2.05) is 30.4 Å². The summed E-state index contributed by atoms with van der Waals surface area (Å²) in [7, 11) is 0. The van der Waals surface area contributed by atoms with Gasteiger partial charge in [0.15, 0.2) is 0 Å². The molecule has 2 aliphatic heterocycles. The van der Waals surface area contributed by atoms with Crippen LogP contribution in [0.3, 0.4) is 0 Å². The molecule has 7 atom stereocenters. The first kappa shape index (κ1) is 18.8. The quantitative estimate of drug-likeness (QED) is 0.840. The van der Waals surface area contributed by atoms with Crippen molar-refractivity contribution in [3.05, 3.63) is 42.0 Å². The van der Waals surface area contributed by atoms with Crippen molar-refractivity contribution in [1.82, 2.24) is 0 Å². The molecule has 4 nitrogen and oxygen atoms in total. The minimum atomic E-state index is -1.11. The molecule has 0 radical (unpaired) electrons. The van der Waals surface area contributed by atoms with Crippen molar-refractivity contribution >= 4 is 6.08 Å². The number of ether oxygens (including phenoxy) is 3. The van der Waals surface area contributed by atoms with Gasteiger partial charge in [0.25, 0.3) is 0 Å². The highest BCUT2D eigenvalue weighted by Gasteiger charge is 2.71. The predicted octanol–water partition coefficient (Wildman–Crippen LogP) is 4.38. The number of benzene rings is 1. The molecule has 2 saturated carbocycles. The Kier molecular flexibility index (Phi) is 4.30. The Hall–Kier alpha value is -1.20. The maximum absolute atomic E-state index is 10.9. The summed E-state index contributed by atoms with van der Waals surface area (Å²) in [4.78, 5) is 0. The average molecular weight is 385 g/mol. The van der Waals surface area contributed by atoms with Crippen molar-refractivity contribution in [3.8, 4) is 0 Å². The lowest BCUT2D eigenvalue weighted by molar-refractivity contribution is -0.408. The molecule has 0 aromatic heterocycles. The van der Waals surface area contributed by atoms with Gasteiger partial charge in [0.1, 0.15) is 5.60 Å². The first-order chi connectivity index (χ1) is 13.4.